The van der Waals surface area contributed by atoms with Crippen molar-refractivity contribution in [3.8, 4) is 11.5 Å². The Balaban J connectivity index is 1.60. The normalized spacial score (nSPS) is 15.1. The quantitative estimate of drug-likeness (QED) is 0.570. The first kappa shape index (κ1) is 24.1. The second-order valence-electron chi connectivity index (χ2n) is 8.57. The number of carbonyl (C=O) groups excluding carboxylic acids is 3. The molecular formula is C25H32N4O4. The van der Waals surface area contributed by atoms with Gasteiger partial charge in [-0.3, -0.25) is 9.59 Å². The number of amides is 4. The maximum Gasteiger partial charge on any atom is 0.312 e. The van der Waals surface area contributed by atoms with E-state index >= 15 is 0 Å². The summed E-state index contributed by atoms with van der Waals surface area (Å²) in [5.41, 5.74) is 6.09. The lowest BCUT2D eigenvalue weighted by molar-refractivity contribution is -0.135. The van der Waals surface area contributed by atoms with E-state index in [1.165, 1.54) is 0 Å². The number of nitrogens with two attached hydrogens (primary N) is 1. The number of para-hydroxylation sites is 1. The van der Waals surface area contributed by atoms with E-state index in [9.17, 15) is 14.4 Å². The first-order valence-electron chi connectivity index (χ1n) is 11.3. The SMILES string of the molecule is CC(C)C(=O)N1CCC(NC(=O)CC(NC(N)=O)c2cccc(Oc3ccccc3)c2)CC1. The van der Waals surface area contributed by atoms with Crippen LogP contribution in [-0.2, 0) is 9.59 Å². The highest BCUT2D eigenvalue weighted by Crippen LogP contribution is 2.26. The number of ether oxygens (including phenoxy) is 1. The van der Waals surface area contributed by atoms with Gasteiger partial charge >= 0.3 is 6.03 Å². The second kappa shape index (κ2) is 11.4. The molecule has 1 aliphatic rings. The average Bonchev–Trinajstić information content (AvgIpc) is 2.79. The fraction of sp³-hybridized carbons (Fsp3) is 0.400. The summed E-state index contributed by atoms with van der Waals surface area (Å²) in [5, 5.41) is 5.69. The van der Waals surface area contributed by atoms with Crippen molar-refractivity contribution in [2.24, 2.45) is 11.7 Å². The van der Waals surface area contributed by atoms with Gasteiger partial charge in [0.2, 0.25) is 11.8 Å². The van der Waals surface area contributed by atoms with E-state index in [1.807, 2.05) is 67.3 Å². The standard InChI is InChI=1S/C25H32N4O4/c1-17(2)24(31)29-13-11-19(12-14-29)27-23(30)16-22(28-25(26)32)18-7-6-10-21(15-18)33-20-8-4-3-5-9-20/h3-10,15,17,19,22H,11-14,16H2,1-2H3,(H,27,30)(H3,26,28,32). The third-order valence-electron chi connectivity index (χ3n) is 5.61. The minimum absolute atomic E-state index is 0.00399. The largest absolute Gasteiger partial charge is 0.457 e. The van der Waals surface area contributed by atoms with E-state index < -0.39 is 12.1 Å². The maximum atomic E-state index is 12.8. The first-order valence-corrected chi connectivity index (χ1v) is 11.3. The molecule has 0 spiro atoms. The summed E-state index contributed by atoms with van der Waals surface area (Å²) in [4.78, 5) is 38.4. The van der Waals surface area contributed by atoms with E-state index in [0.29, 0.717) is 37.4 Å². The Morgan fingerprint density at radius 1 is 1.03 bits per heavy atom. The van der Waals surface area contributed by atoms with Crippen LogP contribution in [0.2, 0.25) is 0 Å². The van der Waals surface area contributed by atoms with Gasteiger partial charge in [0.25, 0.3) is 0 Å². The summed E-state index contributed by atoms with van der Waals surface area (Å²) >= 11 is 0. The molecule has 33 heavy (non-hydrogen) atoms. The van der Waals surface area contributed by atoms with Crippen molar-refractivity contribution in [1.82, 2.24) is 15.5 Å². The Labute approximate surface area is 194 Å². The van der Waals surface area contributed by atoms with Crippen molar-refractivity contribution >= 4 is 17.8 Å². The van der Waals surface area contributed by atoms with Crippen LogP contribution in [0.4, 0.5) is 4.79 Å². The number of hydrogen-bond acceptors (Lipinski definition) is 4. The minimum atomic E-state index is -0.706. The number of benzene rings is 2. The van der Waals surface area contributed by atoms with Crippen molar-refractivity contribution in [2.45, 2.75) is 45.2 Å². The topological polar surface area (TPSA) is 114 Å². The zero-order chi connectivity index (χ0) is 23.8. The molecule has 1 unspecified atom stereocenters. The van der Waals surface area contributed by atoms with E-state index in [0.717, 1.165) is 5.56 Å². The fourth-order valence-corrected chi connectivity index (χ4v) is 3.92. The lowest BCUT2D eigenvalue weighted by Crippen LogP contribution is -2.48. The Hall–Kier alpha value is -3.55. The van der Waals surface area contributed by atoms with Crippen molar-refractivity contribution in [3.63, 3.8) is 0 Å². The summed E-state index contributed by atoms with van der Waals surface area (Å²) in [6.07, 6.45) is 1.46. The molecule has 2 aromatic carbocycles. The Morgan fingerprint density at radius 3 is 2.33 bits per heavy atom. The molecule has 3 rings (SSSR count). The molecule has 1 fully saturated rings. The van der Waals surface area contributed by atoms with Crippen LogP contribution in [0.15, 0.2) is 54.6 Å². The van der Waals surface area contributed by atoms with Gasteiger partial charge in [0.15, 0.2) is 0 Å². The molecule has 0 aliphatic carbocycles. The minimum Gasteiger partial charge on any atom is -0.457 e. The molecule has 8 heteroatoms. The van der Waals surface area contributed by atoms with Crippen LogP contribution in [-0.4, -0.2) is 41.9 Å². The number of nitrogens with one attached hydrogen (secondary N) is 2. The number of carbonyl (C=O) groups is 3. The van der Waals surface area contributed by atoms with Crippen molar-refractivity contribution in [1.29, 1.82) is 0 Å². The third-order valence-corrected chi connectivity index (χ3v) is 5.61. The fourth-order valence-electron chi connectivity index (χ4n) is 3.92. The third kappa shape index (κ3) is 7.24. The molecule has 4 amide bonds. The highest BCUT2D eigenvalue weighted by molar-refractivity contribution is 5.79. The van der Waals surface area contributed by atoms with Crippen LogP contribution < -0.4 is 21.1 Å². The van der Waals surface area contributed by atoms with Crippen LogP contribution in [0, 0.1) is 5.92 Å². The molecule has 4 N–H and O–H groups in total. The second-order valence-corrected chi connectivity index (χ2v) is 8.57. The summed E-state index contributed by atoms with van der Waals surface area (Å²) in [5.74, 6) is 1.21. The van der Waals surface area contributed by atoms with Gasteiger partial charge in [0.05, 0.1) is 12.5 Å². The van der Waals surface area contributed by atoms with Crippen LogP contribution in [0.3, 0.4) is 0 Å². The molecule has 2 aromatic rings. The zero-order valence-corrected chi connectivity index (χ0v) is 19.1. The lowest BCUT2D eigenvalue weighted by atomic mass is 10.0. The Bertz CT molecular complexity index is 956. The molecular weight excluding hydrogens is 420 g/mol. The van der Waals surface area contributed by atoms with E-state index in [1.54, 1.807) is 6.07 Å². The average molecular weight is 453 g/mol. The number of nitrogens with zero attached hydrogens (tertiary/aromatic N) is 1. The molecule has 0 radical (unpaired) electrons. The highest BCUT2D eigenvalue weighted by atomic mass is 16.5. The Kier molecular flexibility index (Phi) is 8.29. The number of primary amides is 1. The summed E-state index contributed by atoms with van der Waals surface area (Å²) < 4.78 is 5.87. The summed E-state index contributed by atoms with van der Waals surface area (Å²) in [6, 6.07) is 15.3. The Morgan fingerprint density at radius 2 is 1.70 bits per heavy atom. The molecule has 1 aliphatic heterocycles. The van der Waals surface area contributed by atoms with Gasteiger partial charge in [-0.15, -0.1) is 0 Å². The number of piperidine rings is 1. The van der Waals surface area contributed by atoms with Gasteiger partial charge in [0.1, 0.15) is 11.5 Å². The monoisotopic (exact) mass is 452 g/mol. The van der Waals surface area contributed by atoms with Crippen molar-refractivity contribution in [3.05, 3.63) is 60.2 Å². The molecule has 1 atom stereocenters. The van der Waals surface area contributed by atoms with E-state index in [2.05, 4.69) is 10.6 Å². The molecule has 1 heterocycles. The van der Waals surface area contributed by atoms with Gasteiger partial charge in [-0.25, -0.2) is 4.79 Å². The molecule has 0 saturated carbocycles. The lowest BCUT2D eigenvalue weighted by Gasteiger charge is -2.33. The zero-order valence-electron chi connectivity index (χ0n) is 19.1. The maximum absolute atomic E-state index is 12.8. The van der Waals surface area contributed by atoms with Gasteiger partial charge in [-0.2, -0.15) is 0 Å². The number of rotatable bonds is 8. The molecule has 1 saturated heterocycles. The van der Waals surface area contributed by atoms with Gasteiger partial charge < -0.3 is 26.0 Å². The highest BCUT2D eigenvalue weighted by Gasteiger charge is 2.26. The first-order chi connectivity index (χ1) is 15.8. The molecule has 0 bridgehead atoms. The number of urea groups is 1. The number of likely N-dealkylation sites (tertiary alicyclic amines) is 1. The van der Waals surface area contributed by atoms with E-state index in [-0.39, 0.29) is 30.2 Å². The molecule has 8 nitrogen and oxygen atoms in total. The molecule has 176 valence electrons. The van der Waals surface area contributed by atoms with Crippen LogP contribution in [0.5, 0.6) is 11.5 Å². The van der Waals surface area contributed by atoms with Gasteiger partial charge in [-0.05, 0) is 42.7 Å². The predicted octanol–water partition coefficient (Wildman–Crippen LogP) is 3.34. The summed E-state index contributed by atoms with van der Waals surface area (Å²) in [7, 11) is 0. The van der Waals surface area contributed by atoms with E-state index in [4.69, 9.17) is 10.5 Å². The smallest absolute Gasteiger partial charge is 0.312 e. The van der Waals surface area contributed by atoms with Crippen LogP contribution >= 0.6 is 0 Å². The van der Waals surface area contributed by atoms with Gasteiger partial charge in [0, 0.05) is 25.0 Å². The summed E-state index contributed by atoms with van der Waals surface area (Å²) in [6.45, 7) is 5.04. The van der Waals surface area contributed by atoms with Gasteiger partial charge in [-0.1, -0.05) is 44.2 Å². The number of hydrogen-bond donors (Lipinski definition) is 3. The van der Waals surface area contributed by atoms with Crippen molar-refractivity contribution < 1.29 is 19.1 Å². The van der Waals surface area contributed by atoms with Crippen LogP contribution in [0.1, 0.15) is 44.7 Å². The molecule has 0 aromatic heterocycles. The van der Waals surface area contributed by atoms with Crippen LogP contribution in [0.25, 0.3) is 0 Å². The van der Waals surface area contributed by atoms with Crippen molar-refractivity contribution in [2.75, 3.05) is 13.1 Å². The predicted molar refractivity (Wildman–Crippen MR) is 126 cm³/mol.